The third kappa shape index (κ3) is 2.80. The molecule has 0 fully saturated rings. The number of hydrogen-bond acceptors (Lipinski definition) is 4. The van der Waals surface area contributed by atoms with Crippen LogP contribution in [0.2, 0.25) is 0 Å². The first-order chi connectivity index (χ1) is 8.30. The van der Waals surface area contributed by atoms with Crippen molar-refractivity contribution in [1.29, 1.82) is 0 Å². The first-order valence-corrected chi connectivity index (χ1v) is 5.01. The molecule has 0 unspecified atom stereocenters. The quantitative estimate of drug-likeness (QED) is 0.861. The van der Waals surface area contributed by atoms with E-state index >= 15 is 0 Å². The average molecular weight is 263 g/mol. The van der Waals surface area contributed by atoms with Crippen LogP contribution in [0.15, 0.2) is 24.3 Å². The van der Waals surface area contributed by atoms with E-state index in [9.17, 15) is 23.2 Å². The van der Waals surface area contributed by atoms with E-state index in [2.05, 4.69) is 4.94 Å². The largest absolute Gasteiger partial charge is 0.382 e. The molecule has 0 aliphatic heterocycles. The van der Waals surface area contributed by atoms with Gasteiger partial charge in [0.2, 0.25) is 0 Å². The van der Waals surface area contributed by atoms with Gasteiger partial charge in [0.15, 0.2) is 6.04 Å². The number of rotatable bonds is 4. The van der Waals surface area contributed by atoms with Crippen LogP contribution in [0.1, 0.15) is 17.2 Å². The molecule has 3 N–H and O–H groups in total. The second kappa shape index (κ2) is 5.36. The van der Waals surface area contributed by atoms with Crippen molar-refractivity contribution in [2.75, 3.05) is 0 Å². The highest BCUT2D eigenvalue weighted by Gasteiger charge is 2.50. The van der Waals surface area contributed by atoms with Crippen molar-refractivity contribution < 1.29 is 28.1 Å². The van der Waals surface area contributed by atoms with Gasteiger partial charge in [-0.05, 0) is 12.5 Å². The molecule has 1 aromatic rings. The fourth-order valence-electron chi connectivity index (χ4n) is 1.35. The molecule has 0 spiro atoms. The predicted octanol–water partition coefficient (Wildman–Crippen LogP) is 1.42. The molecule has 100 valence electrons. The minimum absolute atomic E-state index is 0.132. The van der Waals surface area contributed by atoms with Crippen LogP contribution in [0.5, 0.6) is 0 Å². The Labute approximate surface area is 101 Å². The fraction of sp³-hybridized carbons (Fsp3) is 0.364. The topological polar surface area (TPSA) is 72.5 Å². The van der Waals surface area contributed by atoms with Gasteiger partial charge in [-0.15, -0.1) is 0 Å². The van der Waals surface area contributed by atoms with Gasteiger partial charge in [0.25, 0.3) is 0 Å². The number of carbonyl (C=O) groups is 1. The highest BCUT2D eigenvalue weighted by Crippen LogP contribution is 2.34. The molecular weight excluding hydrogens is 251 g/mol. The summed E-state index contributed by atoms with van der Waals surface area (Å²) in [6.45, 7) is 1.74. The Morgan fingerprint density at radius 1 is 1.39 bits per heavy atom. The summed E-state index contributed by atoms with van der Waals surface area (Å²) < 4.78 is 38.7. The van der Waals surface area contributed by atoms with E-state index in [1.807, 2.05) is 0 Å². The van der Waals surface area contributed by atoms with Gasteiger partial charge in [-0.2, -0.15) is 0 Å². The van der Waals surface area contributed by atoms with Crippen molar-refractivity contribution in [2.45, 2.75) is 25.0 Å². The molecular formula is C11H12F3NO3. The number of alkyl halides is 2. The number of carbonyl (C=O) groups excluding carboxylic acids is 1. The molecule has 0 saturated carbocycles. The predicted molar refractivity (Wildman–Crippen MR) is 56.3 cm³/mol. The monoisotopic (exact) mass is 263 g/mol. The summed E-state index contributed by atoms with van der Waals surface area (Å²) in [5.41, 5.74) is 5.52. The molecule has 0 amide bonds. The molecule has 0 aliphatic rings. The summed E-state index contributed by atoms with van der Waals surface area (Å²) in [4.78, 5) is 13.3. The standard InChI is InChI=1S/C11H12F3NO3/c1-6-2-4-7(5-3-6)9(16)11(12,13)8(15)10(17)18-14/h2-5,8-9,16H,15H2,1H3/t8-,9-/m0/s1. The molecule has 0 saturated heterocycles. The van der Waals surface area contributed by atoms with E-state index in [1.54, 1.807) is 6.92 Å². The van der Waals surface area contributed by atoms with Gasteiger partial charge in [-0.25, -0.2) is 13.6 Å². The molecule has 0 aromatic heterocycles. The lowest BCUT2D eigenvalue weighted by atomic mass is 9.97. The number of hydrogen-bond donors (Lipinski definition) is 2. The zero-order chi connectivity index (χ0) is 13.9. The number of aryl methyl sites for hydroxylation is 1. The van der Waals surface area contributed by atoms with E-state index in [1.165, 1.54) is 24.3 Å². The molecule has 0 heterocycles. The molecule has 0 aliphatic carbocycles. The Bertz CT molecular complexity index is 422. The first-order valence-electron chi connectivity index (χ1n) is 5.01. The van der Waals surface area contributed by atoms with Crippen LogP contribution in [0.25, 0.3) is 0 Å². The molecule has 4 nitrogen and oxygen atoms in total. The van der Waals surface area contributed by atoms with Gasteiger partial charge < -0.3 is 10.8 Å². The van der Waals surface area contributed by atoms with Crippen LogP contribution in [-0.4, -0.2) is 23.0 Å². The van der Waals surface area contributed by atoms with Crippen molar-refractivity contribution >= 4 is 5.97 Å². The van der Waals surface area contributed by atoms with Crippen LogP contribution in [0.4, 0.5) is 13.3 Å². The number of benzene rings is 1. The molecule has 1 aromatic carbocycles. The molecule has 0 bridgehead atoms. The van der Waals surface area contributed by atoms with Crippen LogP contribution in [-0.2, 0) is 9.74 Å². The van der Waals surface area contributed by atoms with Gasteiger partial charge >= 0.3 is 11.9 Å². The van der Waals surface area contributed by atoms with Crippen molar-refractivity contribution in [3.63, 3.8) is 0 Å². The van der Waals surface area contributed by atoms with Crippen LogP contribution < -0.4 is 5.73 Å². The third-order valence-corrected chi connectivity index (χ3v) is 2.50. The summed E-state index contributed by atoms with van der Waals surface area (Å²) in [5.74, 6) is -5.98. The number of aliphatic hydroxyl groups is 1. The van der Waals surface area contributed by atoms with Crippen LogP contribution in [0, 0.1) is 6.92 Å². The van der Waals surface area contributed by atoms with Crippen LogP contribution >= 0.6 is 0 Å². The van der Waals surface area contributed by atoms with E-state index in [0.29, 0.717) is 0 Å². The first kappa shape index (κ1) is 14.5. The normalized spacial score (nSPS) is 15.0. The van der Waals surface area contributed by atoms with Crippen molar-refractivity contribution in [1.82, 2.24) is 0 Å². The van der Waals surface area contributed by atoms with E-state index in [0.717, 1.165) is 5.56 Å². The highest BCUT2D eigenvalue weighted by atomic mass is 19.3. The number of aliphatic hydroxyl groups excluding tert-OH is 1. The van der Waals surface area contributed by atoms with E-state index in [4.69, 9.17) is 5.73 Å². The lowest BCUT2D eigenvalue weighted by Crippen LogP contribution is -2.50. The highest BCUT2D eigenvalue weighted by molar-refractivity contribution is 5.76. The van der Waals surface area contributed by atoms with Gasteiger partial charge in [0, 0.05) is 4.53 Å². The molecule has 1 rings (SSSR count). The van der Waals surface area contributed by atoms with Gasteiger partial charge in [-0.1, -0.05) is 29.8 Å². The van der Waals surface area contributed by atoms with Crippen molar-refractivity contribution in [2.24, 2.45) is 5.73 Å². The third-order valence-electron chi connectivity index (χ3n) is 2.50. The summed E-state index contributed by atoms with van der Waals surface area (Å²) in [5, 5.41) is 9.49. The average Bonchev–Trinajstić information content (AvgIpc) is 2.36. The number of nitrogens with two attached hydrogens (primary N) is 1. The Balaban J connectivity index is 2.97. The second-order valence-electron chi connectivity index (χ2n) is 3.86. The van der Waals surface area contributed by atoms with Crippen molar-refractivity contribution in [3.05, 3.63) is 35.4 Å². The van der Waals surface area contributed by atoms with Crippen LogP contribution in [0.3, 0.4) is 0 Å². The molecule has 0 radical (unpaired) electrons. The maximum atomic E-state index is 13.6. The summed E-state index contributed by atoms with van der Waals surface area (Å²) >= 11 is 0. The minimum Gasteiger partial charge on any atom is -0.382 e. The summed E-state index contributed by atoms with van der Waals surface area (Å²) in [6, 6.07) is 2.96. The summed E-state index contributed by atoms with van der Waals surface area (Å²) in [6.07, 6.45) is -2.33. The summed E-state index contributed by atoms with van der Waals surface area (Å²) in [7, 11) is 0. The Hall–Kier alpha value is -1.60. The SMILES string of the molecule is Cc1ccc([C@H](O)C(F)(F)[C@@H](N)C(=O)OF)cc1. The molecule has 7 heteroatoms. The lowest BCUT2D eigenvalue weighted by molar-refractivity contribution is -0.202. The van der Waals surface area contributed by atoms with Gasteiger partial charge in [-0.3, -0.25) is 4.94 Å². The minimum atomic E-state index is -4.04. The van der Waals surface area contributed by atoms with Gasteiger partial charge in [0.1, 0.15) is 6.10 Å². The zero-order valence-electron chi connectivity index (χ0n) is 9.44. The number of halogens is 3. The van der Waals surface area contributed by atoms with E-state index in [-0.39, 0.29) is 5.56 Å². The maximum absolute atomic E-state index is 13.6. The van der Waals surface area contributed by atoms with E-state index < -0.39 is 24.0 Å². The van der Waals surface area contributed by atoms with Gasteiger partial charge in [0.05, 0.1) is 0 Å². The zero-order valence-corrected chi connectivity index (χ0v) is 9.44. The molecule has 18 heavy (non-hydrogen) atoms. The smallest absolute Gasteiger partial charge is 0.371 e. The van der Waals surface area contributed by atoms with Crippen molar-refractivity contribution in [3.8, 4) is 0 Å². The second-order valence-corrected chi connectivity index (χ2v) is 3.86. The molecule has 2 atom stereocenters. The fourth-order valence-corrected chi connectivity index (χ4v) is 1.35. The lowest BCUT2D eigenvalue weighted by Gasteiger charge is -2.26. The Morgan fingerprint density at radius 2 is 1.89 bits per heavy atom. The Kier molecular flexibility index (Phi) is 4.31. The Morgan fingerprint density at radius 3 is 2.33 bits per heavy atom. The maximum Gasteiger partial charge on any atom is 0.371 e.